The van der Waals surface area contributed by atoms with Gasteiger partial charge in [0.1, 0.15) is 5.75 Å². The van der Waals surface area contributed by atoms with E-state index in [0.29, 0.717) is 43.7 Å². The van der Waals surface area contributed by atoms with Gasteiger partial charge in [0.25, 0.3) is 0 Å². The summed E-state index contributed by atoms with van der Waals surface area (Å²) in [6.07, 6.45) is 23.7. The summed E-state index contributed by atoms with van der Waals surface area (Å²) in [5, 5.41) is 10.1. The zero-order valence-electron chi connectivity index (χ0n) is 23.1. The summed E-state index contributed by atoms with van der Waals surface area (Å²) >= 11 is 0. The lowest BCUT2D eigenvalue weighted by molar-refractivity contribution is -0.281. The number of aromatic hydroxyl groups is 1. The Morgan fingerprint density at radius 3 is 1.57 bits per heavy atom. The van der Waals surface area contributed by atoms with Crippen molar-refractivity contribution >= 4 is 0 Å². The van der Waals surface area contributed by atoms with E-state index in [-0.39, 0.29) is 0 Å². The zero-order valence-corrected chi connectivity index (χ0v) is 23.1. The monoisotopic (exact) mass is 474 g/mol. The van der Waals surface area contributed by atoms with Gasteiger partial charge in [-0.05, 0) is 139 Å². The van der Waals surface area contributed by atoms with Crippen LogP contribution in [-0.4, -0.2) is 5.11 Å². The van der Waals surface area contributed by atoms with Crippen molar-refractivity contribution in [3.05, 3.63) is 29.8 Å². The van der Waals surface area contributed by atoms with Gasteiger partial charge in [-0.2, -0.15) is 0 Å². The van der Waals surface area contributed by atoms with E-state index in [1.807, 2.05) is 12.1 Å². The maximum Gasteiger partial charge on any atom is 0.115 e. The number of benzene rings is 1. The van der Waals surface area contributed by atoms with Crippen LogP contribution < -0.4 is 0 Å². The predicted molar refractivity (Wildman–Crippen MR) is 144 cm³/mol. The van der Waals surface area contributed by atoms with Crippen LogP contribution in [0, 0.1) is 38.4 Å². The molecule has 35 heavy (non-hydrogen) atoms. The van der Waals surface area contributed by atoms with Crippen molar-refractivity contribution in [3.63, 3.8) is 0 Å². The van der Waals surface area contributed by atoms with Crippen molar-refractivity contribution < 1.29 is 5.11 Å². The molecule has 0 heterocycles. The van der Waals surface area contributed by atoms with Crippen LogP contribution in [0.3, 0.4) is 0 Å². The first-order chi connectivity index (χ1) is 16.6. The van der Waals surface area contributed by atoms with Crippen molar-refractivity contribution in [2.45, 2.75) is 136 Å². The van der Waals surface area contributed by atoms with Gasteiger partial charge in [0, 0.05) is 0 Å². The molecular formula is C34H50O. The van der Waals surface area contributed by atoms with Crippen molar-refractivity contribution in [2.75, 3.05) is 0 Å². The largest absolute Gasteiger partial charge is 0.508 e. The van der Waals surface area contributed by atoms with E-state index in [1.54, 1.807) is 44.1 Å². The number of phenolic OH excluding ortho intramolecular Hbond substituents is 1. The summed E-state index contributed by atoms with van der Waals surface area (Å²) in [7, 11) is 0. The lowest BCUT2D eigenvalue weighted by Gasteiger charge is -2.79. The third kappa shape index (κ3) is 2.88. The molecule has 1 N–H and O–H groups in total. The minimum Gasteiger partial charge on any atom is -0.508 e. The molecule has 0 spiro atoms. The second-order valence-electron chi connectivity index (χ2n) is 15.9. The molecule has 192 valence electrons. The molecule has 1 aromatic carbocycles. The smallest absolute Gasteiger partial charge is 0.115 e. The highest BCUT2D eigenvalue weighted by Gasteiger charge is 2.75. The van der Waals surface area contributed by atoms with E-state index in [0.717, 1.165) is 5.92 Å². The first-order valence-electron chi connectivity index (χ1n) is 15.4. The molecule has 1 heteroatoms. The SMILES string of the molecule is CCC12CC3CC(CC)(C1)CC(C14CC5(CC)CC(CC)(CC(c6ccc(O)cc6)(C5)C1)C4)(C3)C2. The van der Waals surface area contributed by atoms with E-state index in [9.17, 15) is 5.11 Å². The van der Waals surface area contributed by atoms with Gasteiger partial charge in [-0.3, -0.25) is 0 Å². The van der Waals surface area contributed by atoms with Crippen molar-refractivity contribution in [3.8, 4) is 5.75 Å². The van der Waals surface area contributed by atoms with E-state index >= 15 is 0 Å². The predicted octanol–water partition coefficient (Wildman–Crippen LogP) is 9.57. The Kier molecular flexibility index (Phi) is 4.57. The standard InChI is InChI=1S/C34H50O/c1-5-28-13-25-14-29(6-2,16-28)21-33(15-25,20-28)34-22-30(7-3)17-31(8-4,23-34)19-32(18-30,24-34)26-9-11-27(35)12-10-26/h9-12,25,35H,5-8,13-24H2,1-4H3. The quantitative estimate of drug-likeness (QED) is 0.435. The van der Waals surface area contributed by atoms with Gasteiger partial charge in [0.05, 0.1) is 0 Å². The summed E-state index contributed by atoms with van der Waals surface area (Å²) in [5.41, 5.74) is 5.36. The molecule has 0 aliphatic heterocycles. The minimum atomic E-state index is 0.330. The van der Waals surface area contributed by atoms with Crippen LogP contribution in [-0.2, 0) is 5.41 Å². The summed E-state index contributed by atoms with van der Waals surface area (Å²) in [6.45, 7) is 10.2. The van der Waals surface area contributed by atoms with Gasteiger partial charge in [-0.15, -0.1) is 0 Å². The molecule has 4 atom stereocenters. The Labute approximate surface area is 214 Å². The van der Waals surface area contributed by atoms with Crippen molar-refractivity contribution in [1.82, 2.24) is 0 Å². The number of hydrogen-bond donors (Lipinski definition) is 1. The van der Waals surface area contributed by atoms with Crippen molar-refractivity contribution in [2.24, 2.45) is 38.4 Å². The fourth-order valence-electron chi connectivity index (χ4n) is 13.7. The summed E-state index contributed by atoms with van der Waals surface area (Å²) < 4.78 is 0. The van der Waals surface area contributed by atoms with Crippen LogP contribution in [0.25, 0.3) is 0 Å². The van der Waals surface area contributed by atoms with Gasteiger partial charge in [0.2, 0.25) is 0 Å². The van der Waals surface area contributed by atoms with Gasteiger partial charge < -0.3 is 5.11 Å². The third-order valence-corrected chi connectivity index (χ3v) is 14.2. The van der Waals surface area contributed by atoms with E-state index in [2.05, 4.69) is 39.8 Å². The maximum absolute atomic E-state index is 10.1. The summed E-state index contributed by atoms with van der Waals surface area (Å²) in [4.78, 5) is 0. The second kappa shape index (κ2) is 6.91. The zero-order chi connectivity index (χ0) is 24.4. The Morgan fingerprint density at radius 2 is 1.06 bits per heavy atom. The van der Waals surface area contributed by atoms with Gasteiger partial charge >= 0.3 is 0 Å². The average Bonchev–Trinajstić information content (AvgIpc) is 2.83. The summed E-state index contributed by atoms with van der Waals surface area (Å²) in [6, 6.07) is 8.62. The molecule has 0 radical (unpaired) electrons. The van der Waals surface area contributed by atoms with Crippen LogP contribution in [0.1, 0.15) is 136 Å². The molecule has 1 nitrogen and oxygen atoms in total. The summed E-state index contributed by atoms with van der Waals surface area (Å²) in [5.74, 6) is 1.43. The first kappa shape index (κ1) is 23.2. The highest BCUT2D eigenvalue weighted by molar-refractivity contribution is 5.38. The minimum absolute atomic E-state index is 0.330. The van der Waals surface area contributed by atoms with Gasteiger partial charge in [-0.1, -0.05) is 65.5 Å². The van der Waals surface area contributed by atoms with Crippen LogP contribution in [0.5, 0.6) is 5.75 Å². The number of rotatable bonds is 6. The Hall–Kier alpha value is -0.980. The molecule has 8 fully saturated rings. The Balaban J connectivity index is 1.42. The lowest BCUT2D eigenvalue weighted by atomic mass is 9.25. The lowest BCUT2D eigenvalue weighted by Crippen LogP contribution is -2.70. The van der Waals surface area contributed by atoms with Crippen LogP contribution >= 0.6 is 0 Å². The normalized spacial score (nSPS) is 53.4. The van der Waals surface area contributed by atoms with Crippen LogP contribution in [0.15, 0.2) is 24.3 Å². The number of phenols is 1. The highest BCUT2D eigenvalue weighted by atomic mass is 16.3. The van der Waals surface area contributed by atoms with Crippen LogP contribution in [0.2, 0.25) is 0 Å². The van der Waals surface area contributed by atoms with Gasteiger partial charge in [-0.25, -0.2) is 0 Å². The molecule has 8 aliphatic rings. The molecule has 9 rings (SSSR count). The van der Waals surface area contributed by atoms with E-state index in [1.165, 1.54) is 64.2 Å². The molecule has 8 bridgehead atoms. The molecule has 0 amide bonds. The van der Waals surface area contributed by atoms with Crippen LogP contribution in [0.4, 0.5) is 0 Å². The fourth-order valence-corrected chi connectivity index (χ4v) is 13.7. The maximum atomic E-state index is 10.1. The molecule has 8 aliphatic carbocycles. The Morgan fingerprint density at radius 1 is 0.571 bits per heavy atom. The average molecular weight is 475 g/mol. The molecule has 0 saturated heterocycles. The Bertz CT molecular complexity index is 978. The first-order valence-corrected chi connectivity index (χ1v) is 15.4. The molecule has 1 aromatic rings. The number of hydrogen-bond acceptors (Lipinski definition) is 1. The fraction of sp³-hybridized carbons (Fsp3) is 0.824. The topological polar surface area (TPSA) is 20.2 Å². The van der Waals surface area contributed by atoms with Crippen molar-refractivity contribution in [1.29, 1.82) is 0 Å². The van der Waals surface area contributed by atoms with E-state index < -0.39 is 0 Å². The van der Waals surface area contributed by atoms with E-state index in [4.69, 9.17) is 0 Å². The molecule has 8 saturated carbocycles. The molecule has 0 aromatic heterocycles. The third-order valence-electron chi connectivity index (χ3n) is 14.2. The second-order valence-corrected chi connectivity index (χ2v) is 15.9. The molecule has 4 unspecified atom stereocenters. The highest BCUT2D eigenvalue weighted by Crippen LogP contribution is 2.85. The molecular weight excluding hydrogens is 424 g/mol. The van der Waals surface area contributed by atoms with Gasteiger partial charge in [0.15, 0.2) is 0 Å².